The fraction of sp³-hybridized carbons (Fsp3) is 0.355. The van der Waals surface area contributed by atoms with Gasteiger partial charge in [0.2, 0.25) is 0 Å². The van der Waals surface area contributed by atoms with Crippen LogP contribution in [0.25, 0.3) is 11.1 Å². The van der Waals surface area contributed by atoms with Gasteiger partial charge in [-0.3, -0.25) is 4.79 Å². The van der Waals surface area contributed by atoms with Gasteiger partial charge < -0.3 is 14.7 Å². The third kappa shape index (κ3) is 8.28. The third-order valence-corrected chi connectivity index (χ3v) is 7.38. The van der Waals surface area contributed by atoms with Gasteiger partial charge in [-0.05, 0) is 84.8 Å². The van der Waals surface area contributed by atoms with E-state index in [9.17, 15) is 44.3 Å². The number of carboxylic acids is 1. The zero-order chi connectivity index (χ0) is 33.2. The maximum absolute atomic E-state index is 12.9. The summed E-state index contributed by atoms with van der Waals surface area (Å²) in [6.45, 7) is 0. The van der Waals surface area contributed by atoms with Gasteiger partial charge in [-0.1, -0.05) is 23.4 Å². The fourth-order valence-corrected chi connectivity index (χ4v) is 5.16. The smallest absolute Gasteiger partial charge is 0.416 e. The van der Waals surface area contributed by atoms with Crippen molar-refractivity contribution in [1.82, 2.24) is 0 Å². The number of rotatable bonds is 6. The molecule has 14 heteroatoms. The largest absolute Gasteiger partial charge is 0.496 e. The van der Waals surface area contributed by atoms with Crippen LogP contribution in [-0.2, 0) is 34.6 Å². The van der Waals surface area contributed by atoms with Crippen LogP contribution in [0.1, 0.15) is 59.6 Å². The van der Waals surface area contributed by atoms with Gasteiger partial charge in [-0.25, -0.2) is 0 Å². The molecule has 0 bridgehead atoms. The number of halogens is 9. The summed E-state index contributed by atoms with van der Waals surface area (Å²) >= 11 is 0. The number of fused-ring (bicyclic) bond motifs is 1. The minimum absolute atomic E-state index is 0.0151. The summed E-state index contributed by atoms with van der Waals surface area (Å²) in [6, 6.07) is 11.5. The van der Waals surface area contributed by atoms with E-state index in [4.69, 9.17) is 14.7 Å². The maximum Gasteiger partial charge on any atom is 0.416 e. The Labute approximate surface area is 251 Å². The highest BCUT2D eigenvalue weighted by Gasteiger charge is 2.42. The molecule has 0 saturated heterocycles. The van der Waals surface area contributed by atoms with E-state index in [1.165, 1.54) is 19.2 Å². The summed E-state index contributed by atoms with van der Waals surface area (Å²) < 4.78 is 120. The van der Waals surface area contributed by atoms with Crippen molar-refractivity contribution in [3.8, 4) is 16.9 Å². The van der Waals surface area contributed by atoms with Crippen LogP contribution in [0.4, 0.5) is 39.5 Å². The Morgan fingerprint density at radius 1 is 0.867 bits per heavy atom. The van der Waals surface area contributed by atoms with Crippen LogP contribution in [0.15, 0.2) is 65.8 Å². The molecule has 0 radical (unpaired) electrons. The molecule has 2 atom stereocenters. The Morgan fingerprint density at radius 3 is 2.00 bits per heavy atom. The van der Waals surface area contributed by atoms with Gasteiger partial charge in [0.15, 0.2) is 6.10 Å². The number of ether oxygens (including phenoxy) is 1. The minimum Gasteiger partial charge on any atom is -0.496 e. The first-order valence-corrected chi connectivity index (χ1v) is 13.6. The molecule has 1 N–H and O–H groups in total. The maximum atomic E-state index is 12.9. The standard InChI is InChI=1S/C17H15F3O3.C14H11F6NO/c1-23-15-8-2-11(3-9-16(21)22)10-14(15)12-4-6-13(7-5-12)17(18,19)20;15-13(16,17)8-4-7(5-9(6-8)14(18,19)20)12-10-2-1-3-11(10)21-22-12/h2,4-8,10H,3,9H2,1H3,(H,21,22);4-6,10,12H,1-3H2/t;10?,12-/m.1/s1. The van der Waals surface area contributed by atoms with E-state index in [0.29, 0.717) is 36.1 Å². The molecule has 1 aliphatic heterocycles. The average molecular weight is 648 g/mol. The highest BCUT2D eigenvalue weighted by molar-refractivity contribution is 5.89. The number of hydrogen-bond acceptors (Lipinski definition) is 4. The van der Waals surface area contributed by atoms with Crippen molar-refractivity contribution in [2.24, 2.45) is 11.1 Å². The van der Waals surface area contributed by atoms with Crippen molar-refractivity contribution >= 4 is 11.7 Å². The first kappa shape index (κ1) is 33.7. The van der Waals surface area contributed by atoms with Crippen molar-refractivity contribution in [3.63, 3.8) is 0 Å². The van der Waals surface area contributed by atoms with Gasteiger partial charge in [0.05, 0.1) is 29.5 Å². The van der Waals surface area contributed by atoms with Gasteiger partial charge in [-0.2, -0.15) is 39.5 Å². The normalized spacial score (nSPS) is 18.0. The second kappa shape index (κ2) is 13.0. The zero-order valence-corrected chi connectivity index (χ0v) is 23.5. The second-order valence-electron chi connectivity index (χ2n) is 10.5. The summed E-state index contributed by atoms with van der Waals surface area (Å²) in [6.07, 6.45) is -12.5. The molecule has 5 rings (SSSR count). The van der Waals surface area contributed by atoms with E-state index in [1.807, 2.05) is 0 Å². The number of oxime groups is 1. The van der Waals surface area contributed by atoms with Gasteiger partial charge >= 0.3 is 24.5 Å². The summed E-state index contributed by atoms with van der Waals surface area (Å²) in [5, 5.41) is 12.5. The molecule has 0 aromatic heterocycles. The van der Waals surface area contributed by atoms with Gasteiger partial charge in [0.25, 0.3) is 0 Å². The molecule has 1 heterocycles. The Balaban J connectivity index is 0.000000205. The third-order valence-electron chi connectivity index (χ3n) is 7.38. The van der Waals surface area contributed by atoms with E-state index in [1.54, 1.807) is 18.2 Å². The SMILES string of the molecule is COc1ccc(CCC(=O)O)cc1-c1ccc(C(F)(F)F)cc1.FC(F)(F)c1cc([C@H]2ON=C3CCCC32)cc(C(F)(F)F)c1. The van der Waals surface area contributed by atoms with Crippen LogP contribution in [0.2, 0.25) is 0 Å². The topological polar surface area (TPSA) is 68.1 Å². The van der Waals surface area contributed by atoms with Gasteiger partial charge in [0, 0.05) is 17.9 Å². The summed E-state index contributed by atoms with van der Waals surface area (Å²) in [7, 11) is 1.47. The van der Waals surface area contributed by atoms with Crippen molar-refractivity contribution < 1.29 is 59.0 Å². The molecule has 45 heavy (non-hydrogen) atoms. The first-order valence-electron chi connectivity index (χ1n) is 13.6. The highest BCUT2D eigenvalue weighted by atomic mass is 19.4. The number of alkyl halides is 9. The first-order chi connectivity index (χ1) is 21.0. The van der Waals surface area contributed by atoms with Crippen molar-refractivity contribution in [3.05, 3.63) is 88.5 Å². The summed E-state index contributed by atoms with van der Waals surface area (Å²) in [4.78, 5) is 15.7. The van der Waals surface area contributed by atoms with Crippen LogP contribution in [-0.4, -0.2) is 23.9 Å². The van der Waals surface area contributed by atoms with E-state index in [0.717, 1.165) is 42.0 Å². The molecule has 5 nitrogen and oxygen atoms in total. The van der Waals surface area contributed by atoms with Gasteiger partial charge in [0.1, 0.15) is 5.75 Å². The monoisotopic (exact) mass is 647 g/mol. The van der Waals surface area contributed by atoms with Crippen molar-refractivity contribution in [2.75, 3.05) is 7.11 Å². The fourth-order valence-electron chi connectivity index (χ4n) is 5.16. The quantitative estimate of drug-likeness (QED) is 0.271. The van der Waals surface area contributed by atoms with Gasteiger partial charge in [-0.15, -0.1) is 0 Å². The number of carbonyl (C=O) groups is 1. The Kier molecular flexibility index (Phi) is 9.74. The Bertz CT molecular complexity index is 1510. The summed E-state index contributed by atoms with van der Waals surface area (Å²) in [5.74, 6) is -0.620. The Morgan fingerprint density at radius 2 is 1.47 bits per heavy atom. The highest BCUT2D eigenvalue weighted by Crippen LogP contribution is 2.44. The number of aryl methyl sites for hydroxylation is 1. The minimum atomic E-state index is -4.85. The molecule has 1 saturated carbocycles. The van der Waals surface area contributed by atoms with E-state index >= 15 is 0 Å². The lowest BCUT2D eigenvalue weighted by atomic mass is 9.91. The number of methoxy groups -OCH3 is 1. The molecule has 0 spiro atoms. The number of hydrogen-bond donors (Lipinski definition) is 1. The molecule has 2 aliphatic rings. The van der Waals surface area contributed by atoms with Crippen molar-refractivity contribution in [2.45, 2.75) is 56.7 Å². The van der Waals surface area contributed by atoms with E-state index in [2.05, 4.69) is 5.16 Å². The molecule has 3 aromatic carbocycles. The van der Waals surface area contributed by atoms with E-state index < -0.39 is 47.3 Å². The molecule has 1 fully saturated rings. The molecule has 1 unspecified atom stereocenters. The van der Waals surface area contributed by atoms with Crippen LogP contribution < -0.4 is 4.74 Å². The Hall–Kier alpha value is -4.23. The number of carboxylic acid groups (broad SMARTS) is 1. The zero-order valence-electron chi connectivity index (χ0n) is 23.5. The predicted molar refractivity (Wildman–Crippen MR) is 144 cm³/mol. The molecule has 242 valence electrons. The summed E-state index contributed by atoms with van der Waals surface area (Å²) in [5.41, 5.74) is -0.801. The lowest BCUT2D eigenvalue weighted by molar-refractivity contribution is -0.143. The number of nitrogens with zero attached hydrogens (tertiary/aromatic N) is 1. The second-order valence-corrected chi connectivity index (χ2v) is 10.5. The van der Waals surface area contributed by atoms with Crippen molar-refractivity contribution in [1.29, 1.82) is 0 Å². The number of aliphatic carboxylic acids is 1. The molecule has 1 aliphatic carbocycles. The van der Waals surface area contributed by atoms with E-state index in [-0.39, 0.29) is 24.0 Å². The molecule has 3 aromatic rings. The van der Waals surface area contributed by atoms with Crippen LogP contribution in [0.5, 0.6) is 5.75 Å². The number of benzene rings is 3. The van der Waals surface area contributed by atoms with Crippen LogP contribution >= 0.6 is 0 Å². The predicted octanol–water partition coefficient (Wildman–Crippen LogP) is 9.35. The average Bonchev–Trinajstić information content (AvgIpc) is 3.59. The molecular formula is C31H26F9NO4. The lowest BCUT2D eigenvalue weighted by Gasteiger charge is -2.19. The van der Waals surface area contributed by atoms with Crippen LogP contribution in [0.3, 0.4) is 0 Å². The molecule has 0 amide bonds. The lowest BCUT2D eigenvalue weighted by Crippen LogP contribution is -2.16. The van der Waals surface area contributed by atoms with Crippen LogP contribution in [0, 0.1) is 5.92 Å². The molecular weight excluding hydrogens is 621 g/mol.